The summed E-state index contributed by atoms with van der Waals surface area (Å²) in [7, 11) is 0. The third kappa shape index (κ3) is 3.97. The first kappa shape index (κ1) is 23.7. The Kier molecular flexibility index (Phi) is 7.67. The summed E-state index contributed by atoms with van der Waals surface area (Å²) < 4.78 is 1.83. The van der Waals surface area contributed by atoms with Crippen LogP contribution < -0.4 is 24.8 Å². The molecule has 151 valence electrons. The Bertz CT molecular complexity index is 1190. The van der Waals surface area contributed by atoms with Gasteiger partial charge in [0.05, 0.1) is 0 Å². The molecule has 0 nitrogen and oxygen atoms in total. The van der Waals surface area contributed by atoms with Gasteiger partial charge in [0.2, 0.25) is 0 Å². The summed E-state index contributed by atoms with van der Waals surface area (Å²) >= 11 is -0.480. The van der Waals surface area contributed by atoms with Crippen LogP contribution in [-0.4, -0.2) is 5.43 Å². The van der Waals surface area contributed by atoms with Crippen LogP contribution in [0.3, 0.4) is 0 Å². The van der Waals surface area contributed by atoms with Crippen molar-refractivity contribution in [2.45, 2.75) is 38.3 Å². The molecule has 2 atom stereocenters. The van der Waals surface area contributed by atoms with E-state index in [1.807, 2.05) is 3.28 Å². The molecule has 0 spiro atoms. The zero-order valence-electron chi connectivity index (χ0n) is 17.5. The van der Waals surface area contributed by atoms with Crippen molar-refractivity contribution in [3.05, 3.63) is 91.8 Å². The summed E-state index contributed by atoms with van der Waals surface area (Å²) in [5.74, 6) is 1.11. The van der Waals surface area contributed by atoms with E-state index < -0.39 is 21.9 Å². The second-order valence-corrected chi connectivity index (χ2v) is 21.1. The molecule has 30 heavy (non-hydrogen) atoms. The maximum absolute atomic E-state index is 2.58. The summed E-state index contributed by atoms with van der Waals surface area (Å²) in [6.07, 6.45) is 6.24. The first-order valence-electron chi connectivity index (χ1n) is 10.3. The second kappa shape index (κ2) is 9.70. The van der Waals surface area contributed by atoms with Crippen LogP contribution in [-0.2, 0) is 21.9 Å². The normalized spacial score (nSPS) is 18.4. The van der Waals surface area contributed by atoms with Crippen molar-refractivity contribution in [2.75, 3.05) is 0 Å². The van der Waals surface area contributed by atoms with Gasteiger partial charge in [0.25, 0.3) is 0 Å². The fourth-order valence-electron chi connectivity index (χ4n) is 5.05. The Balaban J connectivity index is 0.00000128. The number of halogens is 2. The molecule has 0 heterocycles. The molecule has 0 N–H and O–H groups in total. The predicted molar refractivity (Wildman–Crippen MR) is 120 cm³/mol. The Morgan fingerprint density at radius 2 is 1.53 bits per heavy atom. The number of rotatable bonds is 3. The second-order valence-electron chi connectivity index (χ2n) is 8.17. The summed E-state index contributed by atoms with van der Waals surface area (Å²) in [5, 5.41) is 2.78. The maximum Gasteiger partial charge on any atom is -1.00 e. The van der Waals surface area contributed by atoms with Crippen LogP contribution in [0, 0.1) is 0 Å². The van der Waals surface area contributed by atoms with Crippen LogP contribution in [0.25, 0.3) is 22.9 Å². The summed E-state index contributed by atoms with van der Waals surface area (Å²) in [5.41, 5.74) is 7.57. The molecule has 0 fully saturated rings. The minimum atomic E-state index is -0.480. The number of fused-ring (bicyclic) bond motifs is 4. The predicted octanol–water partition coefficient (Wildman–Crippen LogP) is 1.21. The van der Waals surface area contributed by atoms with E-state index in [-0.39, 0.29) is 30.2 Å². The third-order valence-corrected chi connectivity index (χ3v) is 13.9. The topological polar surface area (TPSA) is 0 Å². The van der Waals surface area contributed by atoms with Gasteiger partial charge in [-0.2, -0.15) is 0 Å². The van der Waals surface area contributed by atoms with Crippen molar-refractivity contribution in [2.24, 2.45) is 0 Å². The molecule has 2 unspecified atom stereocenters. The van der Waals surface area contributed by atoms with Gasteiger partial charge in [-0.05, 0) is 0 Å². The van der Waals surface area contributed by atoms with Crippen LogP contribution in [0.15, 0.2) is 69.5 Å². The molecule has 5 rings (SSSR count). The number of hydrogen-bond donors (Lipinski definition) is 0. The van der Waals surface area contributed by atoms with Crippen molar-refractivity contribution < 1.29 is 46.7 Å². The molecule has 0 saturated carbocycles. The van der Waals surface area contributed by atoms with Crippen molar-refractivity contribution in [1.82, 2.24) is 0 Å². The Hall–Kier alpha value is -0.920. The zero-order valence-corrected chi connectivity index (χ0v) is 22.5. The van der Waals surface area contributed by atoms with Gasteiger partial charge < -0.3 is 24.8 Å². The average molecular weight is 528 g/mol. The molecule has 0 aliphatic heterocycles. The Morgan fingerprint density at radius 1 is 0.800 bits per heavy atom. The SMILES string of the molecule is CCC1=Cc2c(ccc3ccccc23)C1C1[C]([Zr+2]=[Si](C)C)=Cc2ccccc21.[Cl-].[Cl-]. The van der Waals surface area contributed by atoms with Crippen molar-refractivity contribution in [1.29, 1.82) is 0 Å². The summed E-state index contributed by atoms with van der Waals surface area (Å²) in [4.78, 5) is 0. The zero-order chi connectivity index (χ0) is 19.3. The quantitative estimate of drug-likeness (QED) is 0.450. The first-order chi connectivity index (χ1) is 13.7. The largest absolute Gasteiger partial charge is 1.00 e. The Labute approximate surface area is 203 Å². The van der Waals surface area contributed by atoms with Crippen LogP contribution in [0.1, 0.15) is 47.4 Å². The molecule has 2 aliphatic carbocycles. The van der Waals surface area contributed by atoms with Crippen molar-refractivity contribution in [3.8, 4) is 0 Å². The minimum absolute atomic E-state index is 0. The van der Waals surface area contributed by atoms with Crippen LogP contribution in [0.5, 0.6) is 0 Å². The molecule has 0 bridgehead atoms. The molecule has 4 heteroatoms. The van der Waals surface area contributed by atoms with E-state index in [4.69, 9.17) is 0 Å². The summed E-state index contributed by atoms with van der Waals surface area (Å²) in [6, 6.07) is 22.8. The monoisotopic (exact) mass is 525 g/mol. The van der Waals surface area contributed by atoms with E-state index in [0.717, 1.165) is 6.42 Å². The average Bonchev–Trinajstić information content (AvgIpc) is 3.24. The maximum atomic E-state index is 2.58. The van der Waals surface area contributed by atoms with Gasteiger partial charge >= 0.3 is 180 Å². The number of benzene rings is 3. The molecule has 0 saturated heterocycles. The van der Waals surface area contributed by atoms with Gasteiger partial charge in [-0.15, -0.1) is 0 Å². The van der Waals surface area contributed by atoms with Crippen LogP contribution in [0.4, 0.5) is 0 Å². The smallest absolute Gasteiger partial charge is 1.00 e. The number of allylic oxidation sites excluding steroid dienone is 2. The van der Waals surface area contributed by atoms with Crippen LogP contribution in [0.2, 0.25) is 13.1 Å². The standard InChI is InChI=1S/C24H19.C2H6Si.2ClH.Zr/c1-2-16-15-23-20-10-6-4-8-18(20)12-14-22(23)24(16)21-13-11-17-7-3-5-9-19(17)21;1-3-2;;;/h3-12,14-15,21,24H,2H2,1H3;1-2H3;2*1H;/q;;;;+2/p-2. The Morgan fingerprint density at radius 3 is 2.30 bits per heavy atom. The molecule has 0 radical (unpaired) electrons. The van der Waals surface area contributed by atoms with Gasteiger partial charge in [0, 0.05) is 0 Å². The van der Waals surface area contributed by atoms with Gasteiger partial charge in [-0.3, -0.25) is 0 Å². The molecule has 0 aromatic heterocycles. The first-order valence-corrected chi connectivity index (χ1v) is 17.7. The molecule has 3 aromatic carbocycles. The summed E-state index contributed by atoms with van der Waals surface area (Å²) in [6.45, 7) is 7.38. The molecular weight excluding hydrogens is 503 g/mol. The van der Waals surface area contributed by atoms with E-state index in [1.165, 1.54) is 21.9 Å². The van der Waals surface area contributed by atoms with Gasteiger partial charge in [0.15, 0.2) is 0 Å². The van der Waals surface area contributed by atoms with E-state index in [2.05, 4.69) is 92.8 Å². The van der Waals surface area contributed by atoms with Crippen molar-refractivity contribution >= 4 is 28.4 Å². The van der Waals surface area contributed by atoms with Crippen molar-refractivity contribution in [3.63, 3.8) is 0 Å². The van der Waals surface area contributed by atoms with Gasteiger partial charge in [-0.1, -0.05) is 0 Å². The van der Waals surface area contributed by atoms with Crippen LogP contribution >= 0.6 is 0 Å². The molecule has 0 amide bonds. The minimum Gasteiger partial charge on any atom is -1.00 e. The van der Waals surface area contributed by atoms with E-state index >= 15 is 0 Å². The number of hydrogen-bond acceptors (Lipinski definition) is 0. The van der Waals surface area contributed by atoms with Gasteiger partial charge in [-0.25, -0.2) is 0 Å². The van der Waals surface area contributed by atoms with E-state index in [9.17, 15) is 0 Å². The van der Waals surface area contributed by atoms with E-state index in [1.54, 1.807) is 16.7 Å². The molecule has 3 aromatic rings. The molecular formula is C26H25Cl2SiZr. The molecule has 2 aliphatic rings. The fourth-order valence-corrected chi connectivity index (χ4v) is 13.0. The third-order valence-electron chi connectivity index (χ3n) is 6.18. The van der Waals surface area contributed by atoms with Gasteiger partial charge in [0.1, 0.15) is 0 Å². The van der Waals surface area contributed by atoms with E-state index in [0.29, 0.717) is 11.8 Å². The fraction of sp³-hybridized carbons (Fsp3) is 0.231.